The maximum Gasteiger partial charge on any atom is 0.171 e. The fourth-order valence-corrected chi connectivity index (χ4v) is 2.53. The van der Waals surface area contributed by atoms with Gasteiger partial charge in [-0.3, -0.25) is 0 Å². The Morgan fingerprint density at radius 2 is 2.25 bits per heavy atom. The molecule has 3 nitrogen and oxygen atoms in total. The lowest BCUT2D eigenvalue weighted by Gasteiger charge is -2.41. The van der Waals surface area contributed by atoms with Gasteiger partial charge in [0.25, 0.3) is 0 Å². The molecule has 2 aliphatic rings. The average Bonchev–Trinajstić information content (AvgIpc) is 2.29. The van der Waals surface area contributed by atoms with Crippen LogP contribution >= 0.6 is 0 Å². The molecule has 1 heterocycles. The van der Waals surface area contributed by atoms with Crippen LogP contribution in [0.25, 0.3) is 0 Å². The van der Waals surface area contributed by atoms with Crippen LogP contribution in [0.4, 0.5) is 0 Å². The lowest BCUT2D eigenvalue weighted by molar-refractivity contribution is -0.289. The van der Waals surface area contributed by atoms with Gasteiger partial charge in [0.15, 0.2) is 5.79 Å². The van der Waals surface area contributed by atoms with Crippen molar-refractivity contribution in [1.82, 2.24) is 0 Å². The smallest absolute Gasteiger partial charge is 0.171 e. The molecule has 12 heavy (non-hydrogen) atoms. The van der Waals surface area contributed by atoms with Crippen LogP contribution in [-0.4, -0.2) is 28.2 Å². The van der Waals surface area contributed by atoms with Crippen LogP contribution in [0.3, 0.4) is 0 Å². The highest BCUT2D eigenvalue weighted by molar-refractivity contribution is 4.93. The lowest BCUT2D eigenvalue weighted by atomic mass is 9.89. The van der Waals surface area contributed by atoms with Gasteiger partial charge in [0, 0.05) is 12.3 Å². The first-order valence-corrected chi connectivity index (χ1v) is 4.70. The zero-order valence-electron chi connectivity index (χ0n) is 7.36. The Bertz CT molecular complexity index is 183. The Kier molecular flexibility index (Phi) is 1.90. The van der Waals surface area contributed by atoms with Gasteiger partial charge in [0.2, 0.25) is 0 Å². The summed E-state index contributed by atoms with van der Waals surface area (Å²) < 4.78 is 5.46. The predicted octanol–water partition coefficient (Wildman–Crippen LogP) is 0.645. The third-order valence-electron chi connectivity index (χ3n) is 3.07. The van der Waals surface area contributed by atoms with E-state index in [9.17, 15) is 10.2 Å². The van der Waals surface area contributed by atoms with E-state index in [1.165, 1.54) is 0 Å². The van der Waals surface area contributed by atoms with E-state index >= 15 is 0 Å². The third kappa shape index (κ3) is 1.16. The Hall–Kier alpha value is -0.120. The van der Waals surface area contributed by atoms with Crippen LogP contribution < -0.4 is 0 Å². The van der Waals surface area contributed by atoms with Gasteiger partial charge in [0.1, 0.15) is 0 Å². The molecule has 1 aliphatic heterocycles. The van der Waals surface area contributed by atoms with Gasteiger partial charge >= 0.3 is 0 Å². The molecule has 2 unspecified atom stereocenters. The topological polar surface area (TPSA) is 49.7 Å². The van der Waals surface area contributed by atoms with E-state index in [2.05, 4.69) is 0 Å². The molecule has 4 atom stereocenters. The highest BCUT2D eigenvalue weighted by Crippen LogP contribution is 2.44. The lowest BCUT2D eigenvalue weighted by Crippen LogP contribution is -2.50. The first kappa shape index (κ1) is 8.48. The van der Waals surface area contributed by atoms with Crippen LogP contribution in [-0.2, 0) is 4.74 Å². The van der Waals surface area contributed by atoms with E-state index in [1.807, 2.05) is 6.92 Å². The minimum atomic E-state index is -1.02. The summed E-state index contributed by atoms with van der Waals surface area (Å²) in [5, 5.41) is 19.6. The van der Waals surface area contributed by atoms with E-state index in [4.69, 9.17) is 4.74 Å². The molecule has 1 aliphatic carbocycles. The standard InChI is InChI=1S/C9H16O3/c1-6-5-8(10)7-3-2-4-9(7,11)12-6/h6-8,10-11H,2-5H2,1H3/t6?,7?,8-,9-/m1/s1. The quantitative estimate of drug-likeness (QED) is 0.564. The third-order valence-corrected chi connectivity index (χ3v) is 3.07. The van der Waals surface area contributed by atoms with Gasteiger partial charge < -0.3 is 14.9 Å². The van der Waals surface area contributed by atoms with Crippen LogP contribution in [0.2, 0.25) is 0 Å². The van der Waals surface area contributed by atoms with Crippen LogP contribution in [0.1, 0.15) is 32.6 Å². The van der Waals surface area contributed by atoms with Crippen molar-refractivity contribution in [3.05, 3.63) is 0 Å². The molecule has 0 bridgehead atoms. The molecule has 3 heteroatoms. The molecular formula is C9H16O3. The first-order chi connectivity index (χ1) is 5.62. The minimum absolute atomic E-state index is 0.0145. The Morgan fingerprint density at radius 3 is 3.00 bits per heavy atom. The number of fused-ring (bicyclic) bond motifs is 1. The molecule has 0 aromatic carbocycles. The molecule has 0 radical (unpaired) electrons. The summed E-state index contributed by atoms with van der Waals surface area (Å²) in [5.74, 6) is -1.06. The SMILES string of the molecule is CC1C[C@@H](O)C2CCC[C@@]2(O)O1. The molecule has 0 aromatic rings. The molecule has 2 rings (SSSR count). The summed E-state index contributed by atoms with van der Waals surface area (Å²) in [5.41, 5.74) is 0. The van der Waals surface area contributed by atoms with Crippen molar-refractivity contribution in [3.63, 3.8) is 0 Å². The van der Waals surface area contributed by atoms with Crippen molar-refractivity contribution in [1.29, 1.82) is 0 Å². The Morgan fingerprint density at radius 1 is 1.50 bits per heavy atom. The zero-order chi connectivity index (χ0) is 8.77. The maximum atomic E-state index is 9.97. The normalized spacial score (nSPS) is 53.8. The van der Waals surface area contributed by atoms with Crippen molar-refractivity contribution in [2.24, 2.45) is 5.92 Å². The molecule has 2 fully saturated rings. The largest absolute Gasteiger partial charge is 0.393 e. The van der Waals surface area contributed by atoms with Crippen molar-refractivity contribution < 1.29 is 14.9 Å². The fraction of sp³-hybridized carbons (Fsp3) is 1.00. The maximum absolute atomic E-state index is 9.97. The van der Waals surface area contributed by atoms with Crippen LogP contribution in [0.15, 0.2) is 0 Å². The first-order valence-electron chi connectivity index (χ1n) is 4.70. The highest BCUT2D eigenvalue weighted by atomic mass is 16.6. The van der Waals surface area contributed by atoms with Gasteiger partial charge in [-0.25, -0.2) is 0 Å². The average molecular weight is 172 g/mol. The van der Waals surface area contributed by atoms with Crippen LogP contribution in [0, 0.1) is 5.92 Å². The number of hydrogen-bond acceptors (Lipinski definition) is 3. The van der Waals surface area contributed by atoms with Gasteiger partial charge in [-0.05, 0) is 26.2 Å². The zero-order valence-corrected chi connectivity index (χ0v) is 7.36. The molecule has 1 saturated carbocycles. The highest BCUT2D eigenvalue weighted by Gasteiger charge is 2.50. The monoisotopic (exact) mass is 172 g/mol. The number of aliphatic hydroxyl groups is 2. The second-order valence-corrected chi connectivity index (χ2v) is 4.08. The van der Waals surface area contributed by atoms with E-state index < -0.39 is 5.79 Å². The minimum Gasteiger partial charge on any atom is -0.393 e. The molecule has 0 amide bonds. The summed E-state index contributed by atoms with van der Waals surface area (Å²) in [6.45, 7) is 1.90. The fourth-order valence-electron chi connectivity index (χ4n) is 2.53. The van der Waals surface area contributed by atoms with Crippen molar-refractivity contribution >= 4 is 0 Å². The van der Waals surface area contributed by atoms with Gasteiger partial charge in [-0.2, -0.15) is 0 Å². The number of aliphatic hydroxyl groups excluding tert-OH is 1. The molecule has 0 aromatic heterocycles. The second kappa shape index (κ2) is 2.69. The summed E-state index contributed by atoms with van der Waals surface area (Å²) >= 11 is 0. The second-order valence-electron chi connectivity index (χ2n) is 4.08. The van der Waals surface area contributed by atoms with E-state index in [1.54, 1.807) is 0 Å². The van der Waals surface area contributed by atoms with Crippen molar-refractivity contribution in [3.8, 4) is 0 Å². The van der Waals surface area contributed by atoms with E-state index in [0.29, 0.717) is 12.8 Å². The van der Waals surface area contributed by atoms with Crippen LogP contribution in [0.5, 0.6) is 0 Å². The summed E-state index contributed by atoms with van der Waals surface area (Å²) in [7, 11) is 0. The van der Waals surface area contributed by atoms with E-state index in [0.717, 1.165) is 12.8 Å². The van der Waals surface area contributed by atoms with E-state index in [-0.39, 0.29) is 18.1 Å². The van der Waals surface area contributed by atoms with Crippen molar-refractivity contribution in [2.75, 3.05) is 0 Å². The number of hydrogen-bond donors (Lipinski definition) is 2. The van der Waals surface area contributed by atoms with Crippen molar-refractivity contribution in [2.45, 2.75) is 50.6 Å². The van der Waals surface area contributed by atoms with Gasteiger partial charge in [0.05, 0.1) is 12.2 Å². The molecule has 1 saturated heterocycles. The summed E-state index contributed by atoms with van der Waals surface area (Å²) in [6.07, 6.45) is 2.81. The number of ether oxygens (including phenoxy) is 1. The number of rotatable bonds is 0. The molecule has 70 valence electrons. The summed E-state index contributed by atoms with van der Waals surface area (Å²) in [4.78, 5) is 0. The Balaban J connectivity index is 2.17. The van der Waals surface area contributed by atoms with Gasteiger partial charge in [-0.1, -0.05) is 0 Å². The predicted molar refractivity (Wildman–Crippen MR) is 43.5 cm³/mol. The summed E-state index contributed by atoms with van der Waals surface area (Å²) in [6, 6.07) is 0. The molecular weight excluding hydrogens is 156 g/mol. The van der Waals surface area contributed by atoms with Gasteiger partial charge in [-0.15, -0.1) is 0 Å². The Labute approximate surface area is 72.3 Å². The molecule has 2 N–H and O–H groups in total. The molecule has 0 spiro atoms.